The number of fused-ring (bicyclic) bond motifs is 1. The minimum atomic E-state index is -0.101. The van der Waals surface area contributed by atoms with Crippen molar-refractivity contribution in [3.8, 4) is 5.69 Å². The molecule has 6 heteroatoms. The maximum Gasteiger partial charge on any atom is 0.266 e. The van der Waals surface area contributed by atoms with Crippen LogP contribution in [0.2, 0.25) is 5.02 Å². The summed E-state index contributed by atoms with van der Waals surface area (Å²) in [5.41, 5.74) is 1.26. The van der Waals surface area contributed by atoms with E-state index in [2.05, 4.69) is 0 Å². The van der Waals surface area contributed by atoms with Crippen LogP contribution in [0.25, 0.3) is 16.6 Å². The average molecular weight is 387 g/mol. The van der Waals surface area contributed by atoms with Crippen LogP contribution in [-0.2, 0) is 4.74 Å². The normalized spacial score (nSPS) is 17.5. The van der Waals surface area contributed by atoms with E-state index >= 15 is 0 Å². The Labute approximate surface area is 161 Å². The van der Waals surface area contributed by atoms with Crippen LogP contribution in [0.5, 0.6) is 0 Å². The lowest BCUT2D eigenvalue weighted by molar-refractivity contribution is 0.0315. The van der Waals surface area contributed by atoms with Crippen LogP contribution in [-0.4, -0.2) is 28.0 Å². The van der Waals surface area contributed by atoms with E-state index in [0.717, 1.165) is 25.2 Å². The highest BCUT2D eigenvalue weighted by Crippen LogP contribution is 2.27. The molecular weight excluding hydrogens is 368 g/mol. The van der Waals surface area contributed by atoms with Crippen molar-refractivity contribution in [1.29, 1.82) is 0 Å². The van der Waals surface area contributed by atoms with Gasteiger partial charge in [0.25, 0.3) is 5.56 Å². The predicted molar refractivity (Wildman–Crippen MR) is 107 cm³/mol. The number of aromatic nitrogens is 2. The van der Waals surface area contributed by atoms with Gasteiger partial charge in [-0.2, -0.15) is 0 Å². The molecule has 1 aliphatic rings. The molecule has 1 aromatic heterocycles. The molecule has 0 N–H and O–H groups in total. The van der Waals surface area contributed by atoms with Crippen molar-refractivity contribution in [2.45, 2.75) is 30.5 Å². The van der Waals surface area contributed by atoms with Gasteiger partial charge >= 0.3 is 0 Å². The summed E-state index contributed by atoms with van der Waals surface area (Å²) in [6, 6.07) is 14.8. The van der Waals surface area contributed by atoms with Gasteiger partial charge in [-0.05, 0) is 43.5 Å². The minimum Gasteiger partial charge on any atom is -0.377 e. The molecule has 0 saturated carbocycles. The molecule has 1 fully saturated rings. The Morgan fingerprint density at radius 1 is 1.15 bits per heavy atom. The third-order valence-corrected chi connectivity index (χ3v) is 5.90. The summed E-state index contributed by atoms with van der Waals surface area (Å²) in [7, 11) is 0. The zero-order chi connectivity index (χ0) is 17.9. The SMILES string of the molecule is O=c1c2ccccc2nc(SC[C@@H]2CCCCO2)n1-c1ccccc1Cl. The van der Waals surface area contributed by atoms with Crippen LogP contribution in [0.1, 0.15) is 19.3 Å². The lowest BCUT2D eigenvalue weighted by Crippen LogP contribution is -2.24. The molecule has 1 atom stereocenters. The number of para-hydroxylation sites is 2. The fraction of sp³-hybridized carbons (Fsp3) is 0.300. The van der Waals surface area contributed by atoms with Gasteiger partial charge in [0.15, 0.2) is 5.16 Å². The zero-order valence-electron chi connectivity index (χ0n) is 14.2. The highest BCUT2D eigenvalue weighted by atomic mass is 35.5. The summed E-state index contributed by atoms with van der Waals surface area (Å²) < 4.78 is 7.45. The van der Waals surface area contributed by atoms with E-state index < -0.39 is 0 Å². The second-order valence-corrected chi connectivity index (χ2v) is 7.70. The number of ether oxygens (including phenoxy) is 1. The van der Waals surface area contributed by atoms with Crippen molar-refractivity contribution in [2.24, 2.45) is 0 Å². The second kappa shape index (κ2) is 7.82. The monoisotopic (exact) mass is 386 g/mol. The van der Waals surface area contributed by atoms with Crippen LogP contribution < -0.4 is 5.56 Å². The topological polar surface area (TPSA) is 44.1 Å². The van der Waals surface area contributed by atoms with Gasteiger partial charge in [-0.3, -0.25) is 9.36 Å². The average Bonchev–Trinajstić information content (AvgIpc) is 2.68. The standard InChI is InChI=1S/C20H19ClN2O2S/c21-16-9-2-4-11-18(16)23-19(24)15-8-1-3-10-17(15)22-20(23)26-13-14-7-5-6-12-25-14/h1-4,8-11,14H,5-7,12-13H2/t14-/m0/s1. The molecule has 0 radical (unpaired) electrons. The number of hydrogen-bond donors (Lipinski definition) is 0. The first kappa shape index (κ1) is 17.6. The van der Waals surface area contributed by atoms with Gasteiger partial charge in [0, 0.05) is 12.4 Å². The van der Waals surface area contributed by atoms with Gasteiger partial charge < -0.3 is 4.74 Å². The van der Waals surface area contributed by atoms with E-state index in [1.165, 1.54) is 6.42 Å². The number of benzene rings is 2. The van der Waals surface area contributed by atoms with E-state index in [4.69, 9.17) is 21.3 Å². The first-order valence-corrected chi connectivity index (χ1v) is 10.1. The van der Waals surface area contributed by atoms with Crippen molar-refractivity contribution >= 4 is 34.3 Å². The number of hydrogen-bond acceptors (Lipinski definition) is 4. The minimum absolute atomic E-state index is 0.101. The first-order valence-electron chi connectivity index (χ1n) is 8.75. The van der Waals surface area contributed by atoms with Crippen molar-refractivity contribution < 1.29 is 4.74 Å². The lowest BCUT2D eigenvalue weighted by Gasteiger charge is -2.22. The summed E-state index contributed by atoms with van der Waals surface area (Å²) in [5, 5.41) is 1.77. The highest BCUT2D eigenvalue weighted by Gasteiger charge is 2.19. The molecule has 26 heavy (non-hydrogen) atoms. The number of nitrogens with zero attached hydrogens (tertiary/aromatic N) is 2. The van der Waals surface area contributed by atoms with Crippen LogP contribution >= 0.6 is 23.4 Å². The van der Waals surface area contributed by atoms with Crippen LogP contribution in [0, 0.1) is 0 Å². The third kappa shape index (κ3) is 3.52. The van der Waals surface area contributed by atoms with Crippen molar-refractivity contribution in [3.05, 3.63) is 63.9 Å². The Bertz CT molecular complexity index is 983. The molecule has 0 unspecified atom stereocenters. The van der Waals surface area contributed by atoms with E-state index in [9.17, 15) is 4.79 Å². The van der Waals surface area contributed by atoms with Crippen LogP contribution in [0.3, 0.4) is 0 Å². The largest absolute Gasteiger partial charge is 0.377 e. The molecule has 4 nitrogen and oxygen atoms in total. The summed E-state index contributed by atoms with van der Waals surface area (Å²) >= 11 is 7.94. The molecule has 0 bridgehead atoms. The Morgan fingerprint density at radius 3 is 2.77 bits per heavy atom. The Morgan fingerprint density at radius 2 is 1.96 bits per heavy atom. The fourth-order valence-corrected chi connectivity index (χ4v) is 4.45. The summed E-state index contributed by atoms with van der Waals surface area (Å²) in [6.45, 7) is 0.813. The Hall–Kier alpha value is -1.82. The molecule has 134 valence electrons. The zero-order valence-corrected chi connectivity index (χ0v) is 15.8. The molecule has 0 amide bonds. The summed E-state index contributed by atoms with van der Waals surface area (Å²) in [5.74, 6) is 0.773. The van der Waals surface area contributed by atoms with Gasteiger partial charge in [0.2, 0.25) is 0 Å². The maximum absolute atomic E-state index is 13.2. The summed E-state index contributed by atoms with van der Waals surface area (Å²) in [4.78, 5) is 17.9. The molecule has 1 saturated heterocycles. The van der Waals surface area contributed by atoms with Crippen LogP contribution in [0.4, 0.5) is 0 Å². The lowest BCUT2D eigenvalue weighted by atomic mass is 10.1. The molecule has 2 heterocycles. The van der Waals surface area contributed by atoms with E-state index in [0.29, 0.717) is 26.8 Å². The van der Waals surface area contributed by atoms with Crippen molar-refractivity contribution in [2.75, 3.05) is 12.4 Å². The smallest absolute Gasteiger partial charge is 0.266 e. The van der Waals surface area contributed by atoms with Crippen LogP contribution in [0.15, 0.2) is 58.5 Å². The van der Waals surface area contributed by atoms with E-state index in [1.54, 1.807) is 28.5 Å². The van der Waals surface area contributed by atoms with Gasteiger partial charge in [0.05, 0.1) is 27.7 Å². The molecule has 0 spiro atoms. The molecular formula is C20H19ClN2O2S. The number of thioether (sulfide) groups is 1. The molecule has 2 aromatic carbocycles. The quantitative estimate of drug-likeness (QED) is 0.481. The third-order valence-electron chi connectivity index (χ3n) is 4.51. The second-order valence-electron chi connectivity index (χ2n) is 6.30. The first-order chi connectivity index (χ1) is 12.7. The van der Waals surface area contributed by atoms with Gasteiger partial charge in [-0.15, -0.1) is 0 Å². The van der Waals surface area contributed by atoms with Gasteiger partial charge in [-0.25, -0.2) is 4.98 Å². The fourth-order valence-electron chi connectivity index (χ4n) is 3.16. The number of halogens is 1. The molecule has 3 aromatic rings. The van der Waals surface area contributed by atoms with Gasteiger partial charge in [-0.1, -0.05) is 47.6 Å². The van der Waals surface area contributed by atoms with E-state index in [-0.39, 0.29) is 11.7 Å². The van der Waals surface area contributed by atoms with Crippen molar-refractivity contribution in [3.63, 3.8) is 0 Å². The number of rotatable bonds is 4. The predicted octanol–water partition coefficient (Wildman–Crippen LogP) is 4.70. The van der Waals surface area contributed by atoms with Crippen molar-refractivity contribution in [1.82, 2.24) is 9.55 Å². The molecule has 1 aliphatic heterocycles. The maximum atomic E-state index is 13.2. The summed E-state index contributed by atoms with van der Waals surface area (Å²) in [6.07, 6.45) is 3.57. The Balaban J connectivity index is 1.80. The molecule has 0 aliphatic carbocycles. The molecule has 4 rings (SSSR count). The highest BCUT2D eigenvalue weighted by molar-refractivity contribution is 7.99. The Kier molecular flexibility index (Phi) is 5.29. The van der Waals surface area contributed by atoms with E-state index in [1.807, 2.05) is 36.4 Å². The van der Waals surface area contributed by atoms with Gasteiger partial charge in [0.1, 0.15) is 0 Å².